The van der Waals surface area contributed by atoms with Crippen LogP contribution in [-0.2, 0) is 4.79 Å². The van der Waals surface area contributed by atoms with Crippen molar-refractivity contribution in [3.8, 4) is 0 Å². The van der Waals surface area contributed by atoms with E-state index in [0.717, 1.165) is 0 Å². The third-order valence-electron chi connectivity index (χ3n) is 1.77. The topological polar surface area (TPSA) is 57.6 Å². The maximum Gasteiger partial charge on any atom is 0.323 e. The van der Waals surface area contributed by atoms with Crippen LogP contribution in [-0.4, -0.2) is 35.0 Å². The molecule has 86 valence electrons. The van der Waals surface area contributed by atoms with Gasteiger partial charge < -0.3 is 10.0 Å². The van der Waals surface area contributed by atoms with Crippen LogP contribution in [0.15, 0.2) is 28.6 Å². The molecule has 0 aromatic carbocycles. The second-order valence-corrected chi connectivity index (χ2v) is 4.74. The number of nitrogens with zero attached hydrogens (tertiary/aromatic N) is 1. The molecule has 0 radical (unpaired) electrons. The Balaban J connectivity index is 2.86. The van der Waals surface area contributed by atoms with Gasteiger partial charge in [0.05, 0.1) is 0 Å². The van der Waals surface area contributed by atoms with Gasteiger partial charge in [-0.25, -0.2) is 0 Å². The number of aliphatic carboxylic acids is 1. The smallest absolute Gasteiger partial charge is 0.323 e. The molecule has 6 heteroatoms. The lowest BCUT2D eigenvalue weighted by atomic mass is 10.3. The zero-order chi connectivity index (χ0) is 12.1. The van der Waals surface area contributed by atoms with Gasteiger partial charge in [-0.3, -0.25) is 9.59 Å². The zero-order valence-corrected chi connectivity index (χ0v) is 10.8. The van der Waals surface area contributed by atoms with Crippen molar-refractivity contribution in [1.29, 1.82) is 0 Å². The highest BCUT2D eigenvalue weighted by atomic mass is 79.9. The predicted octanol–water partition coefficient (Wildman–Crippen LogP) is 2.22. The van der Waals surface area contributed by atoms with Crippen molar-refractivity contribution in [3.05, 3.63) is 33.5 Å². The first-order valence-electron chi connectivity index (χ1n) is 4.41. The highest BCUT2D eigenvalue weighted by Crippen LogP contribution is 2.24. The van der Waals surface area contributed by atoms with E-state index >= 15 is 0 Å². The fourth-order valence-corrected chi connectivity index (χ4v) is 2.64. The minimum absolute atomic E-state index is 0.218. The molecule has 1 heterocycles. The van der Waals surface area contributed by atoms with Crippen LogP contribution in [0.4, 0.5) is 0 Å². The van der Waals surface area contributed by atoms with Gasteiger partial charge in [-0.15, -0.1) is 17.9 Å². The van der Waals surface area contributed by atoms with Crippen molar-refractivity contribution in [2.75, 3.05) is 13.1 Å². The Morgan fingerprint density at radius 3 is 2.75 bits per heavy atom. The summed E-state index contributed by atoms with van der Waals surface area (Å²) in [4.78, 5) is 24.3. The highest BCUT2D eigenvalue weighted by molar-refractivity contribution is 9.10. The van der Waals surface area contributed by atoms with Gasteiger partial charge in [0.2, 0.25) is 0 Å². The molecular weight excluding hydrogens is 294 g/mol. The molecule has 16 heavy (non-hydrogen) atoms. The molecule has 0 spiro atoms. The van der Waals surface area contributed by atoms with E-state index in [4.69, 9.17) is 5.11 Å². The molecule has 1 N–H and O–H groups in total. The molecular formula is C10H10BrNO3S. The molecule has 0 aliphatic heterocycles. The molecule has 0 atom stereocenters. The standard InChI is InChI=1S/C10H10BrNO3S/c1-2-4-12(6-8(13)14)10(15)9-7(11)3-5-16-9/h2-3,5H,1,4,6H2,(H,13,14). The van der Waals surface area contributed by atoms with Crippen LogP contribution >= 0.6 is 27.3 Å². The summed E-state index contributed by atoms with van der Waals surface area (Å²) in [5, 5.41) is 10.5. The molecule has 1 rings (SSSR count). The molecule has 4 nitrogen and oxygen atoms in total. The van der Waals surface area contributed by atoms with E-state index in [9.17, 15) is 9.59 Å². The summed E-state index contributed by atoms with van der Waals surface area (Å²) in [6.07, 6.45) is 1.50. The summed E-state index contributed by atoms with van der Waals surface area (Å²) >= 11 is 4.52. The number of carboxylic acid groups (broad SMARTS) is 1. The Bertz CT molecular complexity index is 416. The third kappa shape index (κ3) is 3.18. The van der Waals surface area contributed by atoms with Crippen LogP contribution in [0.3, 0.4) is 0 Å². The molecule has 0 aliphatic carbocycles. The average molecular weight is 304 g/mol. The van der Waals surface area contributed by atoms with Crippen LogP contribution in [0.1, 0.15) is 9.67 Å². The number of rotatable bonds is 5. The van der Waals surface area contributed by atoms with Crippen molar-refractivity contribution >= 4 is 39.1 Å². The number of carbonyl (C=O) groups is 2. The van der Waals surface area contributed by atoms with Gasteiger partial charge in [-0.1, -0.05) is 6.08 Å². The summed E-state index contributed by atoms with van der Waals surface area (Å²) in [7, 11) is 0. The lowest BCUT2D eigenvalue weighted by Gasteiger charge is -2.18. The Morgan fingerprint density at radius 1 is 1.62 bits per heavy atom. The van der Waals surface area contributed by atoms with Gasteiger partial charge in [0.25, 0.3) is 5.91 Å². The Morgan fingerprint density at radius 2 is 2.31 bits per heavy atom. The number of thiophene rings is 1. The second kappa shape index (κ2) is 5.81. The number of carbonyl (C=O) groups excluding carboxylic acids is 1. The van der Waals surface area contributed by atoms with Crippen molar-refractivity contribution in [3.63, 3.8) is 0 Å². The lowest BCUT2D eigenvalue weighted by molar-refractivity contribution is -0.137. The van der Waals surface area contributed by atoms with E-state index in [1.54, 1.807) is 11.4 Å². The Labute approximate surface area is 105 Å². The molecule has 0 unspecified atom stereocenters. The van der Waals surface area contributed by atoms with Crippen LogP contribution < -0.4 is 0 Å². The fourth-order valence-electron chi connectivity index (χ4n) is 1.13. The van der Waals surface area contributed by atoms with Gasteiger partial charge >= 0.3 is 5.97 Å². The summed E-state index contributed by atoms with van der Waals surface area (Å²) in [5.41, 5.74) is 0. The van der Waals surface area contributed by atoms with Crippen molar-refractivity contribution in [2.24, 2.45) is 0 Å². The van der Waals surface area contributed by atoms with E-state index in [2.05, 4.69) is 22.5 Å². The average Bonchev–Trinajstić information content (AvgIpc) is 2.62. The zero-order valence-electron chi connectivity index (χ0n) is 8.35. The summed E-state index contributed by atoms with van der Waals surface area (Å²) in [6.45, 7) is 3.39. The van der Waals surface area contributed by atoms with Crippen molar-refractivity contribution in [1.82, 2.24) is 4.90 Å². The molecule has 0 bridgehead atoms. The summed E-state index contributed by atoms with van der Waals surface area (Å²) in [5.74, 6) is -1.34. The SMILES string of the molecule is C=CCN(CC(=O)O)C(=O)c1sccc1Br. The van der Waals surface area contributed by atoms with E-state index in [1.165, 1.54) is 22.3 Å². The first-order chi connectivity index (χ1) is 7.56. The normalized spacial score (nSPS) is 9.81. The Kier molecular flexibility index (Phi) is 4.70. The van der Waals surface area contributed by atoms with Crippen LogP contribution in [0.2, 0.25) is 0 Å². The molecule has 0 aliphatic rings. The predicted molar refractivity (Wildman–Crippen MR) is 65.8 cm³/mol. The number of hydrogen-bond acceptors (Lipinski definition) is 3. The summed E-state index contributed by atoms with van der Waals surface area (Å²) < 4.78 is 0.682. The minimum atomic E-state index is -1.04. The van der Waals surface area contributed by atoms with Gasteiger partial charge in [0.15, 0.2) is 0 Å². The maximum atomic E-state index is 11.9. The van der Waals surface area contributed by atoms with E-state index in [0.29, 0.717) is 9.35 Å². The number of halogens is 1. The van der Waals surface area contributed by atoms with Crippen LogP contribution in [0.5, 0.6) is 0 Å². The van der Waals surface area contributed by atoms with Crippen LogP contribution in [0.25, 0.3) is 0 Å². The summed E-state index contributed by atoms with van der Waals surface area (Å²) in [6, 6.07) is 1.75. The molecule has 1 amide bonds. The van der Waals surface area contributed by atoms with Gasteiger partial charge in [0, 0.05) is 11.0 Å². The maximum absolute atomic E-state index is 11.9. The van der Waals surface area contributed by atoms with E-state index < -0.39 is 5.97 Å². The molecule has 0 saturated heterocycles. The number of hydrogen-bond donors (Lipinski definition) is 1. The fraction of sp³-hybridized carbons (Fsp3) is 0.200. The lowest BCUT2D eigenvalue weighted by Crippen LogP contribution is -2.35. The van der Waals surface area contributed by atoms with Gasteiger partial charge in [0.1, 0.15) is 11.4 Å². The highest BCUT2D eigenvalue weighted by Gasteiger charge is 2.20. The van der Waals surface area contributed by atoms with Gasteiger partial charge in [-0.2, -0.15) is 0 Å². The molecule has 1 aromatic heterocycles. The van der Waals surface area contributed by atoms with Crippen molar-refractivity contribution < 1.29 is 14.7 Å². The van der Waals surface area contributed by atoms with Crippen molar-refractivity contribution in [2.45, 2.75) is 0 Å². The largest absolute Gasteiger partial charge is 0.480 e. The van der Waals surface area contributed by atoms with Gasteiger partial charge in [-0.05, 0) is 27.4 Å². The monoisotopic (exact) mass is 303 g/mol. The van der Waals surface area contributed by atoms with E-state index in [-0.39, 0.29) is 19.0 Å². The number of carboxylic acids is 1. The first kappa shape index (κ1) is 12.9. The molecule has 1 aromatic rings. The number of amides is 1. The quantitative estimate of drug-likeness (QED) is 0.849. The van der Waals surface area contributed by atoms with E-state index in [1.807, 2.05) is 0 Å². The molecule has 0 saturated carbocycles. The minimum Gasteiger partial charge on any atom is -0.480 e. The Hall–Kier alpha value is -1.14. The first-order valence-corrected chi connectivity index (χ1v) is 6.08. The molecule has 0 fully saturated rings. The third-order valence-corrected chi connectivity index (χ3v) is 3.60. The second-order valence-electron chi connectivity index (χ2n) is 2.97. The van der Waals surface area contributed by atoms with Crippen LogP contribution in [0, 0.1) is 0 Å².